The first-order valence-corrected chi connectivity index (χ1v) is 13.2. The minimum Gasteiger partial charge on any atom is -0.424 e. The molecule has 0 unspecified atom stereocenters. The summed E-state index contributed by atoms with van der Waals surface area (Å²) >= 11 is 0. The number of aryl methyl sites for hydroxylation is 1. The molecular weight excluding hydrogens is 512 g/mol. The Labute approximate surface area is 233 Å². The number of imidazole rings is 1. The number of aromatic nitrogens is 5. The Morgan fingerprint density at radius 2 is 1.45 bits per heavy atom. The van der Waals surface area contributed by atoms with Crippen molar-refractivity contribution in [3.05, 3.63) is 84.9 Å². The lowest BCUT2D eigenvalue weighted by atomic mass is 10.2. The van der Waals surface area contributed by atoms with Crippen LogP contribution < -0.4 is 20.7 Å². The van der Waals surface area contributed by atoms with Crippen LogP contribution in [0.3, 0.4) is 0 Å². The second kappa shape index (κ2) is 16.4. The van der Waals surface area contributed by atoms with E-state index in [-0.39, 0.29) is 11.9 Å². The van der Waals surface area contributed by atoms with Crippen molar-refractivity contribution >= 4 is 17.8 Å². The molecule has 0 saturated heterocycles. The number of carbonyl (C=O) groups excluding carboxylic acids is 1. The summed E-state index contributed by atoms with van der Waals surface area (Å²) in [4.78, 5) is 29.3. The molecule has 0 saturated carbocycles. The average Bonchev–Trinajstić information content (AvgIpc) is 3.51. The van der Waals surface area contributed by atoms with E-state index in [1.807, 2.05) is 59.3 Å². The zero-order chi connectivity index (χ0) is 27.7. The smallest absolute Gasteiger partial charge is 0.328 e. The Balaban J connectivity index is 1.14. The SMILES string of the molecule is O=C(NCCOCCOCCNc1nc(NCCCn2ccnc2)nc(Oc2ccccc2)n1)c1ccccc1. The molecule has 0 atom stereocenters. The lowest BCUT2D eigenvalue weighted by Crippen LogP contribution is -2.27. The summed E-state index contributed by atoms with van der Waals surface area (Å²) < 4.78 is 19.0. The van der Waals surface area contributed by atoms with Crippen LogP contribution in [0, 0.1) is 0 Å². The van der Waals surface area contributed by atoms with Gasteiger partial charge in [0.15, 0.2) is 0 Å². The molecule has 2 aromatic carbocycles. The average molecular weight is 547 g/mol. The third-order valence-electron chi connectivity index (χ3n) is 5.47. The van der Waals surface area contributed by atoms with Gasteiger partial charge in [0.1, 0.15) is 5.75 Å². The lowest BCUT2D eigenvalue weighted by Gasteiger charge is -2.11. The van der Waals surface area contributed by atoms with Crippen molar-refractivity contribution in [1.82, 2.24) is 29.8 Å². The maximum absolute atomic E-state index is 12.0. The highest BCUT2D eigenvalue weighted by Gasteiger charge is 2.09. The van der Waals surface area contributed by atoms with E-state index in [0.29, 0.717) is 69.3 Å². The number of hydrogen-bond donors (Lipinski definition) is 3. The molecule has 4 rings (SSSR count). The first-order valence-electron chi connectivity index (χ1n) is 13.2. The molecule has 0 aliphatic rings. The van der Waals surface area contributed by atoms with Crippen molar-refractivity contribution in [1.29, 1.82) is 0 Å². The van der Waals surface area contributed by atoms with Gasteiger partial charge in [-0.05, 0) is 30.7 Å². The van der Waals surface area contributed by atoms with Crippen LogP contribution >= 0.6 is 0 Å². The minimum absolute atomic E-state index is 0.116. The summed E-state index contributed by atoms with van der Waals surface area (Å²) in [6.07, 6.45) is 6.35. The van der Waals surface area contributed by atoms with E-state index in [4.69, 9.17) is 14.2 Å². The number of amides is 1. The maximum atomic E-state index is 12.0. The maximum Gasteiger partial charge on any atom is 0.328 e. The molecule has 0 spiro atoms. The predicted octanol–water partition coefficient (Wildman–Crippen LogP) is 3.24. The number of rotatable bonds is 18. The Kier molecular flexibility index (Phi) is 11.7. The fourth-order valence-electron chi connectivity index (χ4n) is 3.52. The zero-order valence-electron chi connectivity index (χ0n) is 22.2. The Morgan fingerprint density at radius 3 is 2.15 bits per heavy atom. The van der Waals surface area contributed by atoms with Crippen LogP contribution in [0.1, 0.15) is 16.8 Å². The van der Waals surface area contributed by atoms with Gasteiger partial charge in [0, 0.05) is 44.1 Å². The topological polar surface area (TPSA) is 137 Å². The van der Waals surface area contributed by atoms with Gasteiger partial charge in [-0.15, -0.1) is 0 Å². The fraction of sp³-hybridized carbons (Fsp3) is 0.321. The highest BCUT2D eigenvalue weighted by atomic mass is 16.5. The number of carbonyl (C=O) groups is 1. The molecule has 3 N–H and O–H groups in total. The lowest BCUT2D eigenvalue weighted by molar-refractivity contribution is 0.0519. The van der Waals surface area contributed by atoms with Gasteiger partial charge in [0.25, 0.3) is 5.91 Å². The molecular formula is C28H34N8O4. The molecule has 2 aromatic heterocycles. The van der Waals surface area contributed by atoms with Crippen LogP contribution in [0.2, 0.25) is 0 Å². The zero-order valence-corrected chi connectivity index (χ0v) is 22.2. The van der Waals surface area contributed by atoms with Crippen molar-refractivity contribution in [3.63, 3.8) is 0 Å². The molecule has 0 fully saturated rings. The van der Waals surface area contributed by atoms with Gasteiger partial charge in [-0.2, -0.15) is 15.0 Å². The second-order valence-electron chi connectivity index (χ2n) is 8.53. The number of hydrogen-bond acceptors (Lipinski definition) is 10. The normalized spacial score (nSPS) is 10.7. The first kappa shape index (κ1) is 28.5. The van der Waals surface area contributed by atoms with E-state index in [2.05, 4.69) is 35.9 Å². The van der Waals surface area contributed by atoms with E-state index < -0.39 is 0 Å². The summed E-state index contributed by atoms with van der Waals surface area (Å²) in [6.45, 7) is 4.12. The fourth-order valence-corrected chi connectivity index (χ4v) is 3.52. The molecule has 12 heteroatoms. The standard InChI is InChI=1S/C28H34N8O4/c37-25(23-8-3-1-4-9-23)30-14-18-38-20-21-39-19-15-32-27-33-26(31-12-7-16-36-17-13-29-22-36)34-28(35-27)40-24-10-5-2-6-11-24/h1-6,8-11,13,17,22H,7,12,14-16,18-21H2,(H,30,37)(H2,31,32,33,34,35). The highest BCUT2D eigenvalue weighted by Crippen LogP contribution is 2.19. The monoisotopic (exact) mass is 546 g/mol. The van der Waals surface area contributed by atoms with Gasteiger partial charge in [0.05, 0.1) is 32.8 Å². The quantitative estimate of drug-likeness (QED) is 0.160. The van der Waals surface area contributed by atoms with Gasteiger partial charge in [0.2, 0.25) is 11.9 Å². The van der Waals surface area contributed by atoms with Crippen LogP contribution in [0.15, 0.2) is 79.4 Å². The van der Waals surface area contributed by atoms with E-state index in [1.54, 1.807) is 24.7 Å². The van der Waals surface area contributed by atoms with Gasteiger partial charge < -0.3 is 34.7 Å². The van der Waals surface area contributed by atoms with Crippen LogP contribution in [-0.2, 0) is 16.0 Å². The molecule has 210 valence electrons. The van der Waals surface area contributed by atoms with Crippen molar-refractivity contribution in [2.45, 2.75) is 13.0 Å². The number of ether oxygens (including phenoxy) is 3. The van der Waals surface area contributed by atoms with Crippen molar-refractivity contribution in [3.8, 4) is 11.8 Å². The Morgan fingerprint density at radius 1 is 0.775 bits per heavy atom. The van der Waals surface area contributed by atoms with Gasteiger partial charge in [-0.1, -0.05) is 36.4 Å². The molecule has 12 nitrogen and oxygen atoms in total. The van der Waals surface area contributed by atoms with Crippen LogP contribution in [-0.4, -0.2) is 76.5 Å². The molecule has 4 aromatic rings. The summed E-state index contributed by atoms with van der Waals surface area (Å²) in [5.41, 5.74) is 0.628. The Bertz CT molecular complexity index is 1260. The van der Waals surface area contributed by atoms with Crippen LogP contribution in [0.25, 0.3) is 0 Å². The molecule has 2 heterocycles. The van der Waals surface area contributed by atoms with E-state index in [0.717, 1.165) is 13.0 Å². The summed E-state index contributed by atoms with van der Waals surface area (Å²) in [7, 11) is 0. The number of nitrogens with one attached hydrogen (secondary N) is 3. The van der Waals surface area contributed by atoms with Gasteiger partial charge in [-0.25, -0.2) is 4.98 Å². The second-order valence-corrected chi connectivity index (χ2v) is 8.53. The van der Waals surface area contributed by atoms with Gasteiger partial charge >= 0.3 is 6.01 Å². The third-order valence-corrected chi connectivity index (χ3v) is 5.47. The van der Waals surface area contributed by atoms with Gasteiger partial charge in [-0.3, -0.25) is 4.79 Å². The van der Waals surface area contributed by atoms with E-state index >= 15 is 0 Å². The molecule has 0 bridgehead atoms. The molecule has 0 radical (unpaired) electrons. The number of benzene rings is 2. The van der Waals surface area contributed by atoms with Crippen molar-refractivity contribution in [2.75, 3.05) is 56.7 Å². The summed E-state index contributed by atoms with van der Waals surface area (Å²) in [6, 6.07) is 18.6. The molecule has 0 aliphatic heterocycles. The number of anilines is 2. The summed E-state index contributed by atoms with van der Waals surface area (Å²) in [5.74, 6) is 1.32. The summed E-state index contributed by atoms with van der Waals surface area (Å²) in [5, 5.41) is 9.21. The number of para-hydroxylation sites is 1. The largest absolute Gasteiger partial charge is 0.424 e. The molecule has 1 amide bonds. The van der Waals surface area contributed by atoms with Crippen molar-refractivity contribution in [2.24, 2.45) is 0 Å². The molecule has 0 aliphatic carbocycles. The van der Waals surface area contributed by atoms with Crippen LogP contribution in [0.5, 0.6) is 11.8 Å². The minimum atomic E-state index is -0.116. The van der Waals surface area contributed by atoms with Crippen LogP contribution in [0.4, 0.5) is 11.9 Å². The Hall–Kier alpha value is -4.55. The third kappa shape index (κ3) is 10.3. The highest BCUT2D eigenvalue weighted by molar-refractivity contribution is 5.94. The molecule has 40 heavy (non-hydrogen) atoms. The van der Waals surface area contributed by atoms with Crippen molar-refractivity contribution < 1.29 is 19.0 Å². The number of nitrogens with zero attached hydrogens (tertiary/aromatic N) is 5. The van der Waals surface area contributed by atoms with E-state index in [9.17, 15) is 4.79 Å². The van der Waals surface area contributed by atoms with E-state index in [1.165, 1.54) is 0 Å². The first-order chi connectivity index (χ1) is 19.8. The predicted molar refractivity (Wildman–Crippen MR) is 151 cm³/mol.